The van der Waals surface area contributed by atoms with Gasteiger partial charge in [0.05, 0.1) is 17.6 Å². The summed E-state index contributed by atoms with van der Waals surface area (Å²) < 4.78 is 42.3. The van der Waals surface area contributed by atoms with Gasteiger partial charge in [-0.1, -0.05) is 12.1 Å². The maximum Gasteiger partial charge on any atom is 0.416 e. The molecule has 112 valence electrons. The molecule has 1 unspecified atom stereocenters. The molecular weight excluding hydrogens is 271 g/mol. The van der Waals surface area contributed by atoms with Gasteiger partial charge in [-0.25, -0.2) is 0 Å². The first-order valence-corrected chi connectivity index (χ1v) is 6.26. The van der Waals surface area contributed by atoms with Gasteiger partial charge in [-0.3, -0.25) is 4.79 Å². The number of nitrogens with two attached hydrogens (primary N) is 1. The summed E-state index contributed by atoms with van der Waals surface area (Å²) in [7, 11) is 0. The summed E-state index contributed by atoms with van der Waals surface area (Å²) in [5, 5.41) is 0. The van der Waals surface area contributed by atoms with E-state index < -0.39 is 23.1 Å². The standard InChI is InChI=1S/C14H18F3NO2/c1-3-20-12(19)13(2,9-18)8-10-4-6-11(7-5-10)14(15,16)17/h4-7H,3,8-9,18H2,1-2H3. The topological polar surface area (TPSA) is 52.3 Å². The molecule has 6 heteroatoms. The van der Waals surface area contributed by atoms with E-state index in [1.54, 1.807) is 13.8 Å². The van der Waals surface area contributed by atoms with E-state index in [1.165, 1.54) is 12.1 Å². The molecule has 2 N–H and O–H groups in total. The predicted molar refractivity (Wildman–Crippen MR) is 68.9 cm³/mol. The van der Waals surface area contributed by atoms with Gasteiger partial charge in [0.25, 0.3) is 0 Å². The molecule has 1 atom stereocenters. The molecule has 0 amide bonds. The van der Waals surface area contributed by atoms with Gasteiger partial charge < -0.3 is 10.5 Å². The van der Waals surface area contributed by atoms with Crippen LogP contribution in [-0.2, 0) is 22.1 Å². The number of rotatable bonds is 5. The molecule has 0 aliphatic heterocycles. The van der Waals surface area contributed by atoms with Crippen LogP contribution in [0.25, 0.3) is 0 Å². The zero-order chi connectivity index (χ0) is 15.4. The van der Waals surface area contributed by atoms with Crippen LogP contribution in [0.4, 0.5) is 13.2 Å². The number of ether oxygens (including phenoxy) is 1. The van der Waals surface area contributed by atoms with Gasteiger partial charge in [-0.15, -0.1) is 0 Å². The summed E-state index contributed by atoms with van der Waals surface area (Å²) in [6.07, 6.45) is -4.13. The monoisotopic (exact) mass is 289 g/mol. The van der Waals surface area contributed by atoms with Crippen molar-refractivity contribution in [1.29, 1.82) is 0 Å². The highest BCUT2D eigenvalue weighted by atomic mass is 19.4. The van der Waals surface area contributed by atoms with E-state index in [0.717, 1.165) is 12.1 Å². The summed E-state index contributed by atoms with van der Waals surface area (Å²) in [4.78, 5) is 11.8. The lowest BCUT2D eigenvalue weighted by Gasteiger charge is -2.25. The van der Waals surface area contributed by atoms with Crippen molar-refractivity contribution >= 4 is 5.97 Å². The molecule has 0 saturated heterocycles. The molecule has 0 aliphatic rings. The molecule has 0 aliphatic carbocycles. The van der Waals surface area contributed by atoms with Gasteiger partial charge in [-0.05, 0) is 38.0 Å². The maximum absolute atomic E-state index is 12.5. The summed E-state index contributed by atoms with van der Waals surface area (Å²) in [5.74, 6) is -0.442. The molecule has 0 spiro atoms. The van der Waals surface area contributed by atoms with Crippen LogP contribution < -0.4 is 5.73 Å². The zero-order valence-corrected chi connectivity index (χ0v) is 11.5. The second kappa shape index (κ2) is 6.26. The highest BCUT2D eigenvalue weighted by molar-refractivity contribution is 5.77. The van der Waals surface area contributed by atoms with E-state index >= 15 is 0 Å². The van der Waals surface area contributed by atoms with E-state index in [2.05, 4.69) is 0 Å². The number of hydrogen-bond donors (Lipinski definition) is 1. The minimum atomic E-state index is -4.36. The number of alkyl halides is 3. The Morgan fingerprint density at radius 2 is 1.80 bits per heavy atom. The molecule has 20 heavy (non-hydrogen) atoms. The third-order valence-corrected chi connectivity index (χ3v) is 3.09. The Hall–Kier alpha value is -1.56. The number of benzene rings is 1. The van der Waals surface area contributed by atoms with Gasteiger partial charge in [0, 0.05) is 6.54 Å². The summed E-state index contributed by atoms with van der Waals surface area (Å²) >= 11 is 0. The molecule has 1 aromatic rings. The summed E-state index contributed by atoms with van der Waals surface area (Å²) in [6.45, 7) is 3.63. The molecule has 0 saturated carbocycles. The Morgan fingerprint density at radius 3 is 2.20 bits per heavy atom. The van der Waals surface area contributed by atoms with Crippen LogP contribution in [0.5, 0.6) is 0 Å². The Labute approximate surface area is 115 Å². The number of halogens is 3. The third kappa shape index (κ3) is 3.96. The van der Waals surface area contributed by atoms with Crippen molar-refractivity contribution in [1.82, 2.24) is 0 Å². The second-order valence-corrected chi connectivity index (χ2v) is 4.86. The van der Waals surface area contributed by atoms with Crippen LogP contribution in [0.2, 0.25) is 0 Å². The first kappa shape index (κ1) is 16.5. The van der Waals surface area contributed by atoms with Crippen LogP contribution in [0.15, 0.2) is 24.3 Å². The normalized spacial score (nSPS) is 14.7. The van der Waals surface area contributed by atoms with E-state index in [1.807, 2.05) is 0 Å². The zero-order valence-electron chi connectivity index (χ0n) is 11.5. The maximum atomic E-state index is 12.5. The lowest BCUT2D eigenvalue weighted by atomic mass is 9.83. The predicted octanol–water partition coefficient (Wildman–Crippen LogP) is 2.78. The van der Waals surface area contributed by atoms with Gasteiger partial charge in [0.15, 0.2) is 0 Å². The lowest BCUT2D eigenvalue weighted by molar-refractivity contribution is -0.153. The number of esters is 1. The van der Waals surface area contributed by atoms with Crippen LogP contribution in [0.1, 0.15) is 25.0 Å². The highest BCUT2D eigenvalue weighted by Crippen LogP contribution is 2.30. The quantitative estimate of drug-likeness (QED) is 0.848. The molecule has 1 rings (SSSR count). The molecule has 1 aromatic carbocycles. The molecule has 0 fully saturated rings. The summed E-state index contributed by atoms with van der Waals surface area (Å²) in [6, 6.07) is 4.71. The van der Waals surface area contributed by atoms with Crippen molar-refractivity contribution in [2.45, 2.75) is 26.4 Å². The molecular formula is C14H18F3NO2. The van der Waals surface area contributed by atoms with Gasteiger partial charge in [0.1, 0.15) is 0 Å². The SMILES string of the molecule is CCOC(=O)C(C)(CN)Cc1ccc(C(F)(F)F)cc1. The first-order valence-electron chi connectivity index (χ1n) is 6.26. The average molecular weight is 289 g/mol. The third-order valence-electron chi connectivity index (χ3n) is 3.09. The Bertz CT molecular complexity index is 456. The Kier molecular flexibility index (Phi) is 5.16. The van der Waals surface area contributed by atoms with Crippen LogP contribution in [0.3, 0.4) is 0 Å². The smallest absolute Gasteiger partial charge is 0.416 e. The Balaban J connectivity index is 2.88. The number of carbonyl (C=O) groups excluding carboxylic acids is 1. The van der Waals surface area contributed by atoms with Crippen LogP contribution >= 0.6 is 0 Å². The van der Waals surface area contributed by atoms with Crippen LogP contribution in [0, 0.1) is 5.41 Å². The van der Waals surface area contributed by atoms with Crippen molar-refractivity contribution in [3.63, 3.8) is 0 Å². The Morgan fingerprint density at radius 1 is 1.25 bits per heavy atom. The van der Waals surface area contributed by atoms with Gasteiger partial charge >= 0.3 is 12.1 Å². The van der Waals surface area contributed by atoms with Crippen molar-refractivity contribution in [2.24, 2.45) is 11.1 Å². The lowest BCUT2D eigenvalue weighted by Crippen LogP contribution is -2.39. The minimum absolute atomic E-state index is 0.0624. The fraction of sp³-hybridized carbons (Fsp3) is 0.500. The van der Waals surface area contributed by atoms with Crippen molar-refractivity contribution < 1.29 is 22.7 Å². The second-order valence-electron chi connectivity index (χ2n) is 4.86. The fourth-order valence-corrected chi connectivity index (χ4v) is 1.80. The van der Waals surface area contributed by atoms with E-state index in [9.17, 15) is 18.0 Å². The molecule has 0 aromatic heterocycles. The van der Waals surface area contributed by atoms with Crippen molar-refractivity contribution in [2.75, 3.05) is 13.2 Å². The highest BCUT2D eigenvalue weighted by Gasteiger charge is 2.34. The first-order chi connectivity index (χ1) is 9.23. The molecule has 3 nitrogen and oxygen atoms in total. The van der Waals surface area contributed by atoms with E-state index in [-0.39, 0.29) is 19.6 Å². The van der Waals surface area contributed by atoms with Crippen molar-refractivity contribution in [3.8, 4) is 0 Å². The number of carbonyl (C=O) groups is 1. The number of hydrogen-bond acceptors (Lipinski definition) is 3. The fourth-order valence-electron chi connectivity index (χ4n) is 1.80. The molecule has 0 bridgehead atoms. The van der Waals surface area contributed by atoms with Gasteiger partial charge in [0.2, 0.25) is 0 Å². The average Bonchev–Trinajstić information content (AvgIpc) is 2.38. The van der Waals surface area contributed by atoms with Crippen LogP contribution in [-0.4, -0.2) is 19.1 Å². The largest absolute Gasteiger partial charge is 0.466 e. The van der Waals surface area contributed by atoms with Gasteiger partial charge in [-0.2, -0.15) is 13.2 Å². The minimum Gasteiger partial charge on any atom is -0.466 e. The summed E-state index contributed by atoms with van der Waals surface area (Å²) in [5.41, 5.74) is 4.56. The van der Waals surface area contributed by atoms with E-state index in [0.29, 0.717) is 5.56 Å². The molecule has 0 heterocycles. The molecule has 0 radical (unpaired) electrons. The van der Waals surface area contributed by atoms with E-state index in [4.69, 9.17) is 10.5 Å². The van der Waals surface area contributed by atoms with Crippen molar-refractivity contribution in [3.05, 3.63) is 35.4 Å².